The van der Waals surface area contributed by atoms with Gasteiger partial charge in [0.1, 0.15) is 11.4 Å². The number of halogens is 1. The highest BCUT2D eigenvalue weighted by molar-refractivity contribution is 6.09. The Hall–Kier alpha value is -3.54. The number of aryl methyl sites for hydroxylation is 1. The molecule has 0 saturated carbocycles. The molecule has 0 unspecified atom stereocenters. The molecule has 1 amide bonds. The molecule has 6 heteroatoms. The summed E-state index contributed by atoms with van der Waals surface area (Å²) in [6.45, 7) is 5.85. The van der Waals surface area contributed by atoms with Crippen LogP contribution < -0.4 is 10.5 Å². The van der Waals surface area contributed by atoms with Crippen molar-refractivity contribution in [1.29, 1.82) is 0 Å². The molecule has 3 aromatic rings. The fourth-order valence-corrected chi connectivity index (χ4v) is 4.21. The maximum Gasteiger partial charge on any atom is 0.268 e. The summed E-state index contributed by atoms with van der Waals surface area (Å²) in [5.41, 5.74) is 2.10. The van der Waals surface area contributed by atoms with Crippen molar-refractivity contribution in [1.82, 2.24) is 4.57 Å². The van der Waals surface area contributed by atoms with Crippen molar-refractivity contribution >= 4 is 17.4 Å². The molecule has 1 aliphatic carbocycles. The monoisotopic (exact) mass is 432 g/mol. The third-order valence-corrected chi connectivity index (χ3v) is 5.96. The summed E-state index contributed by atoms with van der Waals surface area (Å²) in [6, 6.07) is 12.8. The van der Waals surface area contributed by atoms with Gasteiger partial charge in [0.05, 0.1) is 0 Å². The third kappa shape index (κ3) is 3.88. The number of aromatic nitrogens is 1. The number of nitrogens with zero attached hydrogens (tertiary/aromatic N) is 2. The molecule has 0 atom stereocenters. The average molecular weight is 432 g/mol. The SMILES string of the molecule is Cc1ccc(-n2cc3c(c(C(=O)N(C)c4ccc(F)cc4)c2=O)CC(C)(C)CC3=O)cc1. The van der Waals surface area contributed by atoms with Crippen LogP contribution in [0.15, 0.2) is 59.5 Å². The lowest BCUT2D eigenvalue weighted by Gasteiger charge is -2.32. The molecule has 0 saturated heterocycles. The second kappa shape index (κ2) is 7.86. The van der Waals surface area contributed by atoms with Gasteiger partial charge in [-0.15, -0.1) is 0 Å². The summed E-state index contributed by atoms with van der Waals surface area (Å²) in [6.07, 6.45) is 2.35. The summed E-state index contributed by atoms with van der Waals surface area (Å²) >= 11 is 0. The molecule has 0 aliphatic heterocycles. The number of ketones is 1. The Labute approximate surface area is 186 Å². The van der Waals surface area contributed by atoms with Gasteiger partial charge in [-0.3, -0.25) is 19.0 Å². The molecule has 5 nitrogen and oxygen atoms in total. The van der Waals surface area contributed by atoms with Gasteiger partial charge in [-0.05, 0) is 60.7 Å². The Morgan fingerprint density at radius 2 is 1.62 bits per heavy atom. The van der Waals surface area contributed by atoms with Gasteiger partial charge in [-0.25, -0.2) is 4.39 Å². The Morgan fingerprint density at radius 1 is 1.00 bits per heavy atom. The van der Waals surface area contributed by atoms with Crippen LogP contribution in [0.25, 0.3) is 5.69 Å². The van der Waals surface area contributed by atoms with E-state index in [0.717, 1.165) is 5.56 Å². The van der Waals surface area contributed by atoms with Crippen LogP contribution in [0, 0.1) is 18.2 Å². The summed E-state index contributed by atoms with van der Waals surface area (Å²) < 4.78 is 14.7. The summed E-state index contributed by atoms with van der Waals surface area (Å²) in [5, 5.41) is 0. The van der Waals surface area contributed by atoms with Crippen LogP contribution in [0.5, 0.6) is 0 Å². The Bertz CT molecular complexity index is 1270. The van der Waals surface area contributed by atoms with Crippen LogP contribution >= 0.6 is 0 Å². The average Bonchev–Trinajstić information content (AvgIpc) is 2.73. The van der Waals surface area contributed by atoms with Gasteiger partial charge in [0.15, 0.2) is 5.78 Å². The van der Waals surface area contributed by atoms with Crippen molar-refractivity contribution in [3.05, 3.63) is 93.2 Å². The highest BCUT2D eigenvalue weighted by Crippen LogP contribution is 2.36. The van der Waals surface area contributed by atoms with Crippen LogP contribution in [0.2, 0.25) is 0 Å². The number of pyridine rings is 1. The van der Waals surface area contributed by atoms with Gasteiger partial charge in [-0.2, -0.15) is 0 Å². The van der Waals surface area contributed by atoms with E-state index in [4.69, 9.17) is 0 Å². The normalized spacial score (nSPS) is 14.7. The number of rotatable bonds is 3. The van der Waals surface area contributed by atoms with Crippen LogP contribution in [-0.4, -0.2) is 23.3 Å². The molecule has 1 heterocycles. The van der Waals surface area contributed by atoms with Gasteiger partial charge in [0.2, 0.25) is 0 Å². The number of Topliss-reactive ketones (excluding diaryl/α,β-unsaturated/α-hetero) is 1. The number of benzene rings is 2. The predicted molar refractivity (Wildman–Crippen MR) is 122 cm³/mol. The van der Waals surface area contributed by atoms with E-state index in [-0.39, 0.29) is 16.8 Å². The molecule has 0 fully saturated rings. The van der Waals surface area contributed by atoms with Gasteiger partial charge in [0.25, 0.3) is 11.5 Å². The van der Waals surface area contributed by atoms with Gasteiger partial charge in [0, 0.05) is 36.6 Å². The first-order valence-corrected chi connectivity index (χ1v) is 10.5. The lowest BCUT2D eigenvalue weighted by Crippen LogP contribution is -2.39. The fourth-order valence-electron chi connectivity index (χ4n) is 4.21. The number of fused-ring (bicyclic) bond motifs is 1. The van der Waals surface area contributed by atoms with Crippen molar-refractivity contribution < 1.29 is 14.0 Å². The number of anilines is 1. The quantitative estimate of drug-likeness (QED) is 0.602. The zero-order chi connectivity index (χ0) is 23.2. The highest BCUT2D eigenvalue weighted by atomic mass is 19.1. The Kier molecular flexibility index (Phi) is 5.33. The molecular weight excluding hydrogens is 407 g/mol. The minimum Gasteiger partial charge on any atom is -0.311 e. The first-order valence-electron chi connectivity index (χ1n) is 10.5. The molecule has 32 heavy (non-hydrogen) atoms. The Morgan fingerprint density at radius 3 is 2.25 bits per heavy atom. The van der Waals surface area contributed by atoms with E-state index < -0.39 is 17.3 Å². The largest absolute Gasteiger partial charge is 0.311 e. The van der Waals surface area contributed by atoms with Gasteiger partial charge >= 0.3 is 0 Å². The van der Waals surface area contributed by atoms with E-state index in [1.54, 1.807) is 25.4 Å². The third-order valence-electron chi connectivity index (χ3n) is 5.96. The molecule has 4 rings (SSSR count). The minimum atomic E-state index is -0.523. The number of carbonyl (C=O) groups is 2. The molecule has 0 radical (unpaired) electrons. The van der Waals surface area contributed by atoms with E-state index >= 15 is 0 Å². The van der Waals surface area contributed by atoms with E-state index in [9.17, 15) is 18.8 Å². The van der Waals surface area contributed by atoms with Gasteiger partial charge < -0.3 is 4.90 Å². The first kappa shape index (κ1) is 21.7. The Balaban J connectivity index is 1.94. The smallest absolute Gasteiger partial charge is 0.268 e. The van der Waals surface area contributed by atoms with Crippen molar-refractivity contribution in [2.24, 2.45) is 5.41 Å². The van der Waals surface area contributed by atoms with E-state index in [1.165, 1.54) is 33.7 Å². The maximum atomic E-state index is 13.6. The van der Waals surface area contributed by atoms with Crippen LogP contribution in [0.4, 0.5) is 10.1 Å². The second-order valence-corrected chi connectivity index (χ2v) is 9.19. The summed E-state index contributed by atoms with van der Waals surface area (Å²) in [4.78, 5) is 41.5. The predicted octanol–water partition coefficient (Wildman–Crippen LogP) is 4.72. The van der Waals surface area contributed by atoms with Crippen molar-refractivity contribution in [3.8, 4) is 5.69 Å². The molecule has 1 aromatic heterocycles. The number of amides is 1. The molecular formula is C26H25FN2O3. The second-order valence-electron chi connectivity index (χ2n) is 9.19. The zero-order valence-electron chi connectivity index (χ0n) is 18.6. The van der Waals surface area contributed by atoms with E-state index in [0.29, 0.717) is 35.3 Å². The fraction of sp³-hybridized carbons (Fsp3) is 0.269. The molecule has 1 aliphatic rings. The first-order chi connectivity index (χ1) is 15.1. The van der Waals surface area contributed by atoms with Crippen LogP contribution in [0.3, 0.4) is 0 Å². The summed E-state index contributed by atoms with van der Waals surface area (Å²) in [5.74, 6) is -1.03. The molecule has 0 N–H and O–H groups in total. The molecule has 164 valence electrons. The van der Waals surface area contributed by atoms with E-state index in [2.05, 4.69) is 0 Å². The zero-order valence-corrected chi connectivity index (χ0v) is 18.6. The molecule has 0 bridgehead atoms. The van der Waals surface area contributed by atoms with Crippen molar-refractivity contribution in [2.45, 2.75) is 33.6 Å². The maximum absolute atomic E-state index is 13.6. The number of hydrogen-bond acceptors (Lipinski definition) is 3. The van der Waals surface area contributed by atoms with Gasteiger partial charge in [-0.1, -0.05) is 31.5 Å². The van der Waals surface area contributed by atoms with E-state index in [1.807, 2.05) is 32.9 Å². The topological polar surface area (TPSA) is 59.4 Å². The van der Waals surface area contributed by atoms with Crippen LogP contribution in [0.1, 0.15) is 52.1 Å². The lowest BCUT2D eigenvalue weighted by atomic mass is 9.73. The minimum absolute atomic E-state index is 0.0176. The highest BCUT2D eigenvalue weighted by Gasteiger charge is 2.36. The molecule has 0 spiro atoms. The molecule has 2 aromatic carbocycles. The van der Waals surface area contributed by atoms with Crippen molar-refractivity contribution in [3.63, 3.8) is 0 Å². The standard InChI is InChI=1S/C26H25FN2O3/c1-16-5-9-19(10-6-16)29-15-21-20(13-26(2,3)14-22(21)30)23(25(29)32)24(31)28(4)18-11-7-17(27)8-12-18/h5-12,15H,13-14H2,1-4H3. The van der Waals surface area contributed by atoms with Crippen molar-refractivity contribution in [2.75, 3.05) is 11.9 Å². The number of carbonyl (C=O) groups excluding carboxylic acids is 2. The lowest BCUT2D eigenvalue weighted by molar-refractivity contribution is 0.0910. The summed E-state index contributed by atoms with van der Waals surface area (Å²) in [7, 11) is 1.54. The number of hydrogen-bond donors (Lipinski definition) is 0. The van der Waals surface area contributed by atoms with Crippen LogP contribution in [-0.2, 0) is 6.42 Å².